The Labute approximate surface area is 162 Å². The highest BCUT2D eigenvalue weighted by Crippen LogP contribution is 2.31. The lowest BCUT2D eigenvalue weighted by Crippen LogP contribution is -2.35. The molecule has 1 aliphatic rings. The van der Waals surface area contributed by atoms with Gasteiger partial charge in [0.25, 0.3) is 11.8 Å². The Hall–Kier alpha value is -2.92. The number of benzene rings is 2. The van der Waals surface area contributed by atoms with Crippen LogP contribution in [0.3, 0.4) is 0 Å². The van der Waals surface area contributed by atoms with Gasteiger partial charge in [0.2, 0.25) is 0 Å². The van der Waals surface area contributed by atoms with Gasteiger partial charge in [0.15, 0.2) is 0 Å². The number of carbonyl (C=O) groups excluding carboxylic acids is 2. The zero-order valence-electron chi connectivity index (χ0n) is 15.1. The summed E-state index contributed by atoms with van der Waals surface area (Å²) in [6.07, 6.45) is 1.81. The molecular weight excluding hydrogens is 356 g/mol. The van der Waals surface area contributed by atoms with Gasteiger partial charge >= 0.3 is 0 Å². The van der Waals surface area contributed by atoms with Gasteiger partial charge in [0.05, 0.1) is 4.88 Å². The molecule has 2 aromatic carbocycles. The summed E-state index contributed by atoms with van der Waals surface area (Å²) in [5.74, 6) is -0.0801. The minimum atomic E-state index is -0.0962. The Morgan fingerprint density at radius 2 is 1.89 bits per heavy atom. The van der Waals surface area contributed by atoms with Crippen molar-refractivity contribution in [3.63, 3.8) is 0 Å². The molecule has 4 nitrogen and oxygen atoms in total. The maximum Gasteiger partial charge on any atom is 0.265 e. The fourth-order valence-electron chi connectivity index (χ4n) is 3.37. The predicted molar refractivity (Wildman–Crippen MR) is 110 cm³/mol. The molecule has 0 radical (unpaired) electrons. The Balaban J connectivity index is 1.56. The van der Waals surface area contributed by atoms with Crippen molar-refractivity contribution in [2.24, 2.45) is 0 Å². The van der Waals surface area contributed by atoms with Crippen LogP contribution in [0, 0.1) is 6.92 Å². The van der Waals surface area contributed by atoms with Crippen molar-refractivity contribution in [2.75, 3.05) is 16.8 Å². The maximum absolute atomic E-state index is 12.9. The average Bonchev–Trinajstić information content (AvgIpc) is 3.14. The molecule has 3 aromatic rings. The van der Waals surface area contributed by atoms with E-state index in [1.807, 2.05) is 71.8 Å². The van der Waals surface area contributed by atoms with Crippen LogP contribution >= 0.6 is 11.3 Å². The normalized spacial score (nSPS) is 13.1. The van der Waals surface area contributed by atoms with E-state index in [4.69, 9.17) is 0 Å². The van der Waals surface area contributed by atoms with Crippen LogP contribution in [0.25, 0.3) is 0 Å². The SMILES string of the molecule is Cc1csc(C(=O)Nc2ccc3c(c2)CCCN3C(=O)c2ccccc2)c1. The van der Waals surface area contributed by atoms with Crippen molar-refractivity contribution in [1.29, 1.82) is 0 Å². The first-order chi connectivity index (χ1) is 13.1. The van der Waals surface area contributed by atoms with E-state index in [-0.39, 0.29) is 11.8 Å². The van der Waals surface area contributed by atoms with E-state index in [2.05, 4.69) is 5.32 Å². The van der Waals surface area contributed by atoms with Gasteiger partial charge in [-0.25, -0.2) is 0 Å². The van der Waals surface area contributed by atoms with Gasteiger partial charge in [-0.2, -0.15) is 0 Å². The molecule has 1 aliphatic heterocycles. The standard InChI is InChI=1S/C22H20N2O2S/c1-15-12-20(27-14-15)21(25)23-18-9-10-19-17(13-18)8-5-11-24(19)22(26)16-6-3-2-4-7-16/h2-4,6-7,9-10,12-14H,5,8,11H2,1H3,(H,23,25). The zero-order chi connectivity index (χ0) is 18.8. The van der Waals surface area contributed by atoms with Crippen LogP contribution in [0.1, 0.15) is 37.6 Å². The zero-order valence-corrected chi connectivity index (χ0v) is 15.9. The van der Waals surface area contributed by atoms with Gasteiger partial charge in [0, 0.05) is 23.5 Å². The van der Waals surface area contributed by atoms with Gasteiger partial charge in [-0.3, -0.25) is 9.59 Å². The van der Waals surface area contributed by atoms with Crippen LogP contribution in [0.4, 0.5) is 11.4 Å². The fourth-order valence-corrected chi connectivity index (χ4v) is 4.16. The number of anilines is 2. The van der Waals surface area contributed by atoms with Gasteiger partial charge in [-0.1, -0.05) is 18.2 Å². The summed E-state index contributed by atoms with van der Waals surface area (Å²) in [6, 6.07) is 17.0. The molecule has 0 aliphatic carbocycles. The molecule has 27 heavy (non-hydrogen) atoms. The Morgan fingerprint density at radius 3 is 2.63 bits per heavy atom. The minimum Gasteiger partial charge on any atom is -0.321 e. The largest absolute Gasteiger partial charge is 0.321 e. The van der Waals surface area contributed by atoms with Crippen molar-refractivity contribution < 1.29 is 9.59 Å². The first-order valence-corrected chi connectivity index (χ1v) is 9.86. The highest BCUT2D eigenvalue weighted by Gasteiger charge is 2.24. The van der Waals surface area contributed by atoms with E-state index in [1.54, 1.807) is 0 Å². The van der Waals surface area contributed by atoms with E-state index < -0.39 is 0 Å². The lowest BCUT2D eigenvalue weighted by Gasteiger charge is -2.30. The molecular formula is C22H20N2O2S. The smallest absolute Gasteiger partial charge is 0.265 e. The molecule has 0 fully saturated rings. The minimum absolute atomic E-state index is 0.0161. The van der Waals surface area contributed by atoms with Crippen LogP contribution in [-0.2, 0) is 6.42 Å². The number of amides is 2. The third kappa shape index (κ3) is 3.64. The quantitative estimate of drug-likeness (QED) is 0.707. The fraction of sp³-hybridized carbons (Fsp3) is 0.182. The number of hydrogen-bond acceptors (Lipinski definition) is 3. The molecule has 0 saturated carbocycles. The first-order valence-electron chi connectivity index (χ1n) is 8.98. The van der Waals surface area contributed by atoms with Gasteiger partial charge in [-0.15, -0.1) is 11.3 Å². The number of nitrogens with zero attached hydrogens (tertiary/aromatic N) is 1. The summed E-state index contributed by atoms with van der Waals surface area (Å²) in [4.78, 5) is 27.8. The van der Waals surface area contributed by atoms with Crippen LogP contribution in [0.2, 0.25) is 0 Å². The lowest BCUT2D eigenvalue weighted by molar-refractivity contribution is 0.0983. The maximum atomic E-state index is 12.9. The summed E-state index contributed by atoms with van der Waals surface area (Å²) < 4.78 is 0. The van der Waals surface area contributed by atoms with Crippen molar-refractivity contribution in [1.82, 2.24) is 0 Å². The second kappa shape index (κ2) is 7.37. The number of rotatable bonds is 3. The third-order valence-electron chi connectivity index (χ3n) is 4.68. The van der Waals surface area contributed by atoms with Crippen LogP contribution in [0.15, 0.2) is 60.0 Å². The highest BCUT2D eigenvalue weighted by atomic mass is 32.1. The number of carbonyl (C=O) groups is 2. The molecule has 2 amide bonds. The van der Waals surface area contributed by atoms with Gasteiger partial charge in [0.1, 0.15) is 0 Å². The summed E-state index contributed by atoms with van der Waals surface area (Å²) >= 11 is 1.44. The lowest BCUT2D eigenvalue weighted by atomic mass is 10.00. The second-order valence-electron chi connectivity index (χ2n) is 6.71. The van der Waals surface area contributed by atoms with Crippen molar-refractivity contribution >= 4 is 34.5 Å². The van der Waals surface area contributed by atoms with Crippen LogP contribution in [-0.4, -0.2) is 18.4 Å². The molecule has 2 heterocycles. The molecule has 1 N–H and O–H groups in total. The molecule has 0 saturated heterocycles. The van der Waals surface area contributed by atoms with E-state index >= 15 is 0 Å². The van der Waals surface area contributed by atoms with Crippen LogP contribution < -0.4 is 10.2 Å². The summed E-state index contributed by atoms with van der Waals surface area (Å²) in [5.41, 5.74) is 4.56. The average molecular weight is 376 g/mol. The summed E-state index contributed by atoms with van der Waals surface area (Å²) in [6.45, 7) is 2.69. The molecule has 0 unspecified atom stereocenters. The number of aryl methyl sites for hydroxylation is 2. The number of thiophene rings is 1. The molecule has 136 valence electrons. The second-order valence-corrected chi connectivity index (χ2v) is 7.62. The number of nitrogens with one attached hydrogen (secondary N) is 1. The van der Waals surface area contributed by atoms with E-state index in [0.717, 1.165) is 35.3 Å². The Morgan fingerprint density at radius 1 is 1.07 bits per heavy atom. The molecule has 1 aromatic heterocycles. The molecule has 0 bridgehead atoms. The summed E-state index contributed by atoms with van der Waals surface area (Å²) in [5, 5.41) is 4.93. The molecule has 4 rings (SSSR count). The van der Waals surface area contributed by atoms with Crippen molar-refractivity contribution in [2.45, 2.75) is 19.8 Å². The summed E-state index contributed by atoms with van der Waals surface area (Å²) in [7, 11) is 0. The van der Waals surface area contributed by atoms with Gasteiger partial charge < -0.3 is 10.2 Å². The third-order valence-corrected chi connectivity index (χ3v) is 5.72. The Kier molecular flexibility index (Phi) is 4.77. The van der Waals surface area contributed by atoms with Gasteiger partial charge in [-0.05, 0) is 72.7 Å². The van der Waals surface area contributed by atoms with Crippen molar-refractivity contribution in [3.05, 3.63) is 81.5 Å². The Bertz CT molecular complexity index is 995. The topological polar surface area (TPSA) is 49.4 Å². The molecule has 0 spiro atoms. The monoisotopic (exact) mass is 376 g/mol. The first kappa shape index (κ1) is 17.5. The molecule has 5 heteroatoms. The number of hydrogen-bond donors (Lipinski definition) is 1. The predicted octanol–water partition coefficient (Wildman–Crippen LogP) is 4.90. The van der Waals surface area contributed by atoms with Crippen LogP contribution in [0.5, 0.6) is 0 Å². The van der Waals surface area contributed by atoms with E-state index in [9.17, 15) is 9.59 Å². The van der Waals surface area contributed by atoms with Crippen molar-refractivity contribution in [3.8, 4) is 0 Å². The molecule has 0 atom stereocenters. The van der Waals surface area contributed by atoms with E-state index in [1.165, 1.54) is 11.3 Å². The number of fused-ring (bicyclic) bond motifs is 1. The highest BCUT2D eigenvalue weighted by molar-refractivity contribution is 7.12. The van der Waals surface area contributed by atoms with E-state index in [0.29, 0.717) is 17.0 Å².